The number of carbonyl (C=O) groups is 2. The number of ether oxygens (including phenoxy) is 1. The van der Waals surface area contributed by atoms with Crippen molar-refractivity contribution in [2.24, 2.45) is 10.2 Å². The first kappa shape index (κ1) is 16.9. The molecule has 10 heteroatoms. The van der Waals surface area contributed by atoms with E-state index in [0.29, 0.717) is 5.56 Å². The van der Waals surface area contributed by atoms with Crippen LogP contribution in [0.2, 0.25) is 0 Å². The minimum atomic E-state index is -2.89. The summed E-state index contributed by atoms with van der Waals surface area (Å²) in [6, 6.07) is 5.73. The Balaban J connectivity index is 1.93. The maximum absolute atomic E-state index is 12.0. The van der Waals surface area contributed by atoms with Crippen LogP contribution >= 0.6 is 11.8 Å². The third-order valence-electron chi connectivity index (χ3n) is 2.60. The van der Waals surface area contributed by atoms with E-state index >= 15 is 0 Å². The molecule has 2 N–H and O–H groups in total. The van der Waals surface area contributed by atoms with E-state index in [1.165, 1.54) is 30.5 Å². The van der Waals surface area contributed by atoms with E-state index < -0.39 is 23.7 Å². The number of carbonyl (C=O) groups excluding carboxylic acids is 1. The Labute approximate surface area is 133 Å². The molecule has 1 amide bonds. The van der Waals surface area contributed by atoms with E-state index in [4.69, 9.17) is 5.11 Å². The van der Waals surface area contributed by atoms with Gasteiger partial charge in [0.15, 0.2) is 5.17 Å². The molecule has 1 aliphatic rings. The summed E-state index contributed by atoms with van der Waals surface area (Å²) in [7, 11) is 0. The molecule has 122 valence electrons. The summed E-state index contributed by atoms with van der Waals surface area (Å²) < 4.78 is 28.2. The van der Waals surface area contributed by atoms with Crippen molar-refractivity contribution >= 4 is 35.0 Å². The van der Waals surface area contributed by atoms with Crippen LogP contribution < -0.4 is 10.1 Å². The largest absolute Gasteiger partial charge is 0.481 e. The van der Waals surface area contributed by atoms with E-state index in [0.717, 1.165) is 11.8 Å². The van der Waals surface area contributed by atoms with E-state index in [1.807, 2.05) is 0 Å². The molecule has 1 unspecified atom stereocenters. The average Bonchev–Trinajstić information content (AvgIpc) is 2.80. The van der Waals surface area contributed by atoms with Gasteiger partial charge in [-0.25, -0.2) is 0 Å². The van der Waals surface area contributed by atoms with Gasteiger partial charge >= 0.3 is 12.6 Å². The zero-order valence-electron chi connectivity index (χ0n) is 11.5. The summed E-state index contributed by atoms with van der Waals surface area (Å²) in [5.41, 5.74) is 0.590. The second-order valence-corrected chi connectivity index (χ2v) is 5.48. The number of carboxylic acids is 1. The predicted octanol–water partition coefficient (Wildman–Crippen LogP) is 1.68. The number of hydrogen-bond donors (Lipinski definition) is 2. The molecule has 1 fully saturated rings. The van der Waals surface area contributed by atoms with Crippen LogP contribution in [0.3, 0.4) is 0 Å². The number of amides is 1. The summed E-state index contributed by atoms with van der Waals surface area (Å²) in [5.74, 6) is -1.48. The fraction of sp³-hybridized carbons (Fsp3) is 0.231. The molecule has 0 bridgehead atoms. The van der Waals surface area contributed by atoms with E-state index in [9.17, 15) is 18.4 Å². The molecule has 1 atom stereocenters. The lowest BCUT2D eigenvalue weighted by molar-refractivity contribution is -0.138. The Morgan fingerprint density at radius 2 is 2.13 bits per heavy atom. The van der Waals surface area contributed by atoms with E-state index in [-0.39, 0.29) is 17.3 Å². The predicted molar refractivity (Wildman–Crippen MR) is 79.9 cm³/mol. The van der Waals surface area contributed by atoms with Gasteiger partial charge in [-0.05, 0) is 29.8 Å². The van der Waals surface area contributed by atoms with Gasteiger partial charge in [-0.15, -0.1) is 5.10 Å². The van der Waals surface area contributed by atoms with Gasteiger partial charge < -0.3 is 15.2 Å². The smallest absolute Gasteiger partial charge is 0.387 e. The summed E-state index contributed by atoms with van der Waals surface area (Å²) >= 11 is 0.983. The lowest BCUT2D eigenvalue weighted by atomic mass is 10.2. The number of halogens is 2. The third kappa shape index (κ3) is 5.33. The van der Waals surface area contributed by atoms with Crippen LogP contribution in [0.5, 0.6) is 5.75 Å². The van der Waals surface area contributed by atoms with Crippen LogP contribution in [0.15, 0.2) is 34.5 Å². The number of benzene rings is 1. The van der Waals surface area contributed by atoms with Gasteiger partial charge in [-0.3, -0.25) is 9.59 Å². The molecule has 0 aromatic heterocycles. The molecular formula is C13H11F2N3O4S. The highest BCUT2D eigenvalue weighted by Crippen LogP contribution is 2.22. The number of thioether (sulfide) groups is 1. The molecule has 0 radical (unpaired) electrons. The molecule has 2 rings (SSSR count). The third-order valence-corrected chi connectivity index (χ3v) is 3.67. The zero-order valence-corrected chi connectivity index (χ0v) is 12.3. The van der Waals surface area contributed by atoms with Gasteiger partial charge in [0, 0.05) is 0 Å². The van der Waals surface area contributed by atoms with Gasteiger partial charge in [0.1, 0.15) is 11.0 Å². The fourth-order valence-corrected chi connectivity index (χ4v) is 2.54. The van der Waals surface area contributed by atoms with E-state index in [1.54, 1.807) is 0 Å². The second-order valence-electron chi connectivity index (χ2n) is 4.29. The molecular weight excluding hydrogens is 332 g/mol. The molecule has 1 aromatic rings. The van der Waals surface area contributed by atoms with Gasteiger partial charge in [-0.2, -0.15) is 13.9 Å². The molecule has 0 spiro atoms. The van der Waals surface area contributed by atoms with Crippen molar-refractivity contribution in [1.29, 1.82) is 0 Å². The molecule has 7 nitrogen and oxygen atoms in total. The zero-order chi connectivity index (χ0) is 16.8. The monoisotopic (exact) mass is 343 g/mol. The number of carboxylic acid groups (broad SMARTS) is 1. The van der Waals surface area contributed by atoms with Crippen LogP contribution in [-0.4, -0.2) is 40.2 Å². The van der Waals surface area contributed by atoms with Gasteiger partial charge in [0.05, 0.1) is 12.6 Å². The second kappa shape index (κ2) is 7.68. The van der Waals surface area contributed by atoms with Crippen molar-refractivity contribution in [2.75, 3.05) is 0 Å². The lowest BCUT2D eigenvalue weighted by Gasteiger charge is -2.03. The van der Waals surface area contributed by atoms with Crippen molar-refractivity contribution in [1.82, 2.24) is 5.32 Å². The maximum Gasteiger partial charge on any atom is 0.387 e. The molecule has 0 saturated carbocycles. The van der Waals surface area contributed by atoms with Crippen molar-refractivity contribution < 1.29 is 28.2 Å². The number of amidine groups is 1. The summed E-state index contributed by atoms with van der Waals surface area (Å²) in [5, 5.41) is 18.1. The van der Waals surface area contributed by atoms with Gasteiger partial charge in [-0.1, -0.05) is 11.8 Å². The normalized spacial score (nSPS) is 19.5. The number of rotatable bonds is 6. The first-order chi connectivity index (χ1) is 10.9. The van der Waals surface area contributed by atoms with Crippen LogP contribution in [0, 0.1) is 0 Å². The summed E-state index contributed by atoms with van der Waals surface area (Å²) in [6.45, 7) is -2.89. The molecule has 1 aromatic carbocycles. The SMILES string of the molecule is O=C(O)CC1SC(=NN=Cc2ccc(OC(F)F)cc2)NC1=O. The van der Waals surface area contributed by atoms with Crippen molar-refractivity contribution in [2.45, 2.75) is 18.3 Å². The number of aliphatic carboxylic acids is 1. The first-order valence-electron chi connectivity index (χ1n) is 6.29. The van der Waals surface area contributed by atoms with E-state index in [2.05, 4.69) is 20.3 Å². The topological polar surface area (TPSA) is 100 Å². The van der Waals surface area contributed by atoms with Crippen LogP contribution in [-0.2, 0) is 9.59 Å². The maximum atomic E-state index is 12.0. The van der Waals surface area contributed by atoms with Crippen molar-refractivity contribution in [3.8, 4) is 5.75 Å². The fourth-order valence-electron chi connectivity index (χ4n) is 1.63. The first-order valence-corrected chi connectivity index (χ1v) is 7.17. The Morgan fingerprint density at radius 3 is 2.74 bits per heavy atom. The van der Waals surface area contributed by atoms with Crippen molar-refractivity contribution in [3.05, 3.63) is 29.8 Å². The highest BCUT2D eigenvalue weighted by atomic mass is 32.2. The minimum absolute atomic E-state index is 0.0265. The molecule has 1 saturated heterocycles. The van der Waals surface area contributed by atoms with Gasteiger partial charge in [0.2, 0.25) is 5.91 Å². The Hall–Kier alpha value is -2.49. The van der Waals surface area contributed by atoms with Crippen LogP contribution in [0.25, 0.3) is 0 Å². The Kier molecular flexibility index (Phi) is 5.63. The lowest BCUT2D eigenvalue weighted by Crippen LogP contribution is -2.26. The Bertz CT molecular complexity index is 649. The summed E-state index contributed by atoms with van der Waals surface area (Å²) in [4.78, 5) is 22.1. The van der Waals surface area contributed by atoms with Crippen LogP contribution in [0.4, 0.5) is 8.78 Å². The number of hydrogen-bond acceptors (Lipinski definition) is 6. The summed E-state index contributed by atoms with van der Waals surface area (Å²) in [6.07, 6.45) is 1.06. The van der Waals surface area contributed by atoms with Crippen molar-refractivity contribution in [3.63, 3.8) is 0 Å². The molecule has 1 heterocycles. The minimum Gasteiger partial charge on any atom is -0.481 e. The standard InChI is InChI=1S/C13H11F2N3O4S/c14-12(15)22-8-3-1-7(2-4-8)6-16-18-13-17-11(21)9(23-13)5-10(19)20/h1-4,6,9,12H,5H2,(H,19,20)(H,17,18,21). The molecule has 0 aliphatic carbocycles. The number of nitrogens with zero attached hydrogens (tertiary/aromatic N) is 2. The quantitative estimate of drug-likeness (QED) is 0.605. The van der Waals surface area contributed by atoms with Gasteiger partial charge in [0.25, 0.3) is 0 Å². The highest BCUT2D eigenvalue weighted by molar-refractivity contribution is 8.15. The number of nitrogens with one attached hydrogen (secondary N) is 1. The highest BCUT2D eigenvalue weighted by Gasteiger charge is 2.32. The number of alkyl halides is 2. The average molecular weight is 343 g/mol. The Morgan fingerprint density at radius 1 is 1.43 bits per heavy atom. The van der Waals surface area contributed by atoms with Crippen LogP contribution in [0.1, 0.15) is 12.0 Å². The molecule has 23 heavy (non-hydrogen) atoms. The molecule has 1 aliphatic heterocycles.